The van der Waals surface area contributed by atoms with Gasteiger partial charge >= 0.3 is 0 Å². The molecule has 0 bridgehead atoms. The number of rotatable bonds is 4. The van der Waals surface area contributed by atoms with E-state index in [1.54, 1.807) is 0 Å². The first-order chi connectivity index (χ1) is 9.82. The summed E-state index contributed by atoms with van der Waals surface area (Å²) in [6, 6.07) is 16.8. The molecule has 0 amide bonds. The van der Waals surface area contributed by atoms with Crippen molar-refractivity contribution in [1.82, 2.24) is 0 Å². The molecular weight excluding hydrogens is 258 g/mol. The van der Waals surface area contributed by atoms with E-state index in [-0.39, 0.29) is 0 Å². The summed E-state index contributed by atoms with van der Waals surface area (Å²) in [6.45, 7) is 2.06. The zero-order valence-electron chi connectivity index (χ0n) is 13.6. The lowest BCUT2D eigenvalue weighted by atomic mass is 9.85. The molecule has 112 valence electrons. The van der Waals surface area contributed by atoms with E-state index in [2.05, 4.69) is 65.3 Å². The van der Waals surface area contributed by atoms with Crippen molar-refractivity contribution in [3.05, 3.63) is 59.7 Å². The Morgan fingerprint density at radius 3 is 1.19 bits per heavy atom. The molecule has 0 aromatic heterocycles. The fourth-order valence-electron chi connectivity index (χ4n) is 2.38. The third-order valence-corrected chi connectivity index (χ3v) is 3.97. The van der Waals surface area contributed by atoms with Crippen molar-refractivity contribution in [2.24, 2.45) is 5.73 Å². The summed E-state index contributed by atoms with van der Waals surface area (Å²) in [5, 5.41) is 0. The number of benzene rings is 2. The van der Waals surface area contributed by atoms with E-state index in [4.69, 9.17) is 5.73 Å². The summed E-state index contributed by atoms with van der Waals surface area (Å²) in [5.74, 6) is 0. The average molecular weight is 283 g/mol. The number of anilines is 2. The van der Waals surface area contributed by atoms with E-state index in [1.807, 2.05) is 28.2 Å². The lowest BCUT2D eigenvalue weighted by Crippen LogP contribution is -2.34. The van der Waals surface area contributed by atoms with E-state index in [0.29, 0.717) is 0 Å². The molecule has 21 heavy (non-hydrogen) atoms. The molecule has 0 heterocycles. The molecule has 2 rings (SSSR count). The van der Waals surface area contributed by atoms with Gasteiger partial charge in [-0.25, -0.2) is 0 Å². The summed E-state index contributed by atoms with van der Waals surface area (Å²) >= 11 is 0. The Hall–Kier alpha value is -2.00. The molecule has 3 heteroatoms. The van der Waals surface area contributed by atoms with Crippen molar-refractivity contribution in [2.75, 3.05) is 38.0 Å². The Bertz CT molecular complexity index is 527. The average Bonchev–Trinajstić information content (AvgIpc) is 2.47. The van der Waals surface area contributed by atoms with E-state index < -0.39 is 5.54 Å². The molecule has 2 N–H and O–H groups in total. The van der Waals surface area contributed by atoms with E-state index >= 15 is 0 Å². The molecule has 3 nitrogen and oxygen atoms in total. The zero-order chi connectivity index (χ0) is 15.6. The van der Waals surface area contributed by atoms with Gasteiger partial charge in [0.15, 0.2) is 0 Å². The molecule has 0 atom stereocenters. The highest BCUT2D eigenvalue weighted by Gasteiger charge is 2.23. The first kappa shape index (κ1) is 15.4. The van der Waals surface area contributed by atoms with Crippen LogP contribution in [-0.4, -0.2) is 28.2 Å². The summed E-state index contributed by atoms with van der Waals surface area (Å²) in [7, 11) is 8.15. The summed E-state index contributed by atoms with van der Waals surface area (Å²) < 4.78 is 0. The van der Waals surface area contributed by atoms with Crippen LogP contribution in [0.3, 0.4) is 0 Å². The second-order valence-corrected chi connectivity index (χ2v) is 6.08. The summed E-state index contributed by atoms with van der Waals surface area (Å²) in [6.07, 6.45) is 0. The minimum Gasteiger partial charge on any atom is -0.378 e. The maximum Gasteiger partial charge on any atom is 0.0636 e. The van der Waals surface area contributed by atoms with Gasteiger partial charge in [0.2, 0.25) is 0 Å². The molecule has 0 saturated carbocycles. The topological polar surface area (TPSA) is 32.5 Å². The van der Waals surface area contributed by atoms with Crippen LogP contribution in [-0.2, 0) is 5.54 Å². The Kier molecular flexibility index (Phi) is 4.24. The minimum atomic E-state index is -0.490. The number of hydrogen-bond donors (Lipinski definition) is 1. The molecule has 0 aliphatic heterocycles. The SMILES string of the molecule is CN(C)c1ccc(C(C)(N)c2ccc(N(C)C)cc2)cc1. The lowest BCUT2D eigenvalue weighted by molar-refractivity contribution is 0.603. The largest absolute Gasteiger partial charge is 0.378 e. The van der Waals surface area contributed by atoms with E-state index in [1.165, 1.54) is 11.4 Å². The molecule has 0 fully saturated rings. The molecule has 0 aliphatic carbocycles. The second-order valence-electron chi connectivity index (χ2n) is 6.08. The fraction of sp³-hybridized carbons (Fsp3) is 0.333. The Morgan fingerprint density at radius 2 is 0.952 bits per heavy atom. The van der Waals surface area contributed by atoms with Crippen molar-refractivity contribution >= 4 is 11.4 Å². The van der Waals surface area contributed by atoms with Crippen molar-refractivity contribution in [1.29, 1.82) is 0 Å². The highest BCUT2D eigenvalue weighted by Crippen LogP contribution is 2.29. The fourth-order valence-corrected chi connectivity index (χ4v) is 2.38. The quantitative estimate of drug-likeness (QED) is 0.936. The second kappa shape index (κ2) is 5.78. The van der Waals surface area contributed by atoms with E-state index in [9.17, 15) is 0 Å². The third-order valence-electron chi connectivity index (χ3n) is 3.97. The van der Waals surface area contributed by atoms with Crippen molar-refractivity contribution in [3.8, 4) is 0 Å². The predicted octanol–water partition coefficient (Wildman–Crippen LogP) is 3.04. The summed E-state index contributed by atoms with van der Waals surface area (Å²) in [5.41, 5.74) is 10.7. The first-order valence-corrected chi connectivity index (χ1v) is 7.17. The van der Waals surface area contributed by atoms with Crippen LogP contribution in [0, 0.1) is 0 Å². The number of hydrogen-bond acceptors (Lipinski definition) is 3. The van der Waals surface area contributed by atoms with Gasteiger partial charge in [0.25, 0.3) is 0 Å². The van der Waals surface area contributed by atoms with Crippen LogP contribution in [0.5, 0.6) is 0 Å². The Balaban J connectivity index is 2.31. The molecule has 2 aromatic rings. The van der Waals surface area contributed by atoms with Crippen LogP contribution >= 0.6 is 0 Å². The van der Waals surface area contributed by atoms with Gasteiger partial charge in [0.1, 0.15) is 0 Å². The molecular formula is C18H25N3. The van der Waals surface area contributed by atoms with Crippen molar-refractivity contribution < 1.29 is 0 Å². The molecule has 0 aliphatic rings. The van der Waals surface area contributed by atoms with Crippen LogP contribution < -0.4 is 15.5 Å². The van der Waals surface area contributed by atoms with Crippen LogP contribution in [0.15, 0.2) is 48.5 Å². The van der Waals surface area contributed by atoms with Gasteiger partial charge in [-0.15, -0.1) is 0 Å². The Morgan fingerprint density at radius 1 is 0.667 bits per heavy atom. The van der Waals surface area contributed by atoms with Gasteiger partial charge in [-0.2, -0.15) is 0 Å². The maximum atomic E-state index is 6.58. The van der Waals surface area contributed by atoms with Gasteiger partial charge in [-0.1, -0.05) is 24.3 Å². The van der Waals surface area contributed by atoms with Crippen LogP contribution in [0.25, 0.3) is 0 Å². The van der Waals surface area contributed by atoms with Crippen LogP contribution in [0.1, 0.15) is 18.1 Å². The highest BCUT2D eigenvalue weighted by atomic mass is 15.1. The van der Waals surface area contributed by atoms with E-state index in [0.717, 1.165) is 11.1 Å². The predicted molar refractivity (Wildman–Crippen MR) is 92.2 cm³/mol. The van der Waals surface area contributed by atoms with Crippen LogP contribution in [0.2, 0.25) is 0 Å². The van der Waals surface area contributed by atoms with Gasteiger partial charge in [-0.05, 0) is 42.3 Å². The Labute approximate surface area is 128 Å². The zero-order valence-corrected chi connectivity index (χ0v) is 13.6. The lowest BCUT2D eigenvalue weighted by Gasteiger charge is -2.27. The summed E-state index contributed by atoms with van der Waals surface area (Å²) in [4.78, 5) is 4.17. The standard InChI is InChI=1S/C18H25N3/c1-18(19,14-6-10-16(11-7-14)20(2)3)15-8-12-17(13-9-15)21(4)5/h6-13H,19H2,1-5H3. The molecule has 0 radical (unpaired) electrons. The highest BCUT2D eigenvalue weighted by molar-refractivity contribution is 5.51. The van der Waals surface area contributed by atoms with Gasteiger partial charge < -0.3 is 15.5 Å². The van der Waals surface area contributed by atoms with Crippen molar-refractivity contribution in [3.63, 3.8) is 0 Å². The van der Waals surface area contributed by atoms with Gasteiger partial charge in [0.05, 0.1) is 5.54 Å². The first-order valence-electron chi connectivity index (χ1n) is 7.17. The maximum absolute atomic E-state index is 6.58. The molecule has 2 aromatic carbocycles. The smallest absolute Gasteiger partial charge is 0.0636 e. The normalized spacial score (nSPS) is 11.3. The van der Waals surface area contributed by atoms with Crippen LogP contribution in [0.4, 0.5) is 11.4 Å². The van der Waals surface area contributed by atoms with Crippen molar-refractivity contribution in [2.45, 2.75) is 12.5 Å². The number of nitrogens with two attached hydrogens (primary N) is 1. The molecule has 0 spiro atoms. The molecule has 0 saturated heterocycles. The minimum absolute atomic E-state index is 0.490. The monoisotopic (exact) mass is 283 g/mol. The van der Waals surface area contributed by atoms with Gasteiger partial charge in [0, 0.05) is 39.6 Å². The third kappa shape index (κ3) is 3.19. The molecule has 0 unspecified atom stereocenters. The number of nitrogens with zero attached hydrogens (tertiary/aromatic N) is 2. The van der Waals surface area contributed by atoms with Gasteiger partial charge in [-0.3, -0.25) is 0 Å².